The second kappa shape index (κ2) is 5.72. The first-order valence-corrected chi connectivity index (χ1v) is 6.55. The van der Waals surface area contributed by atoms with Crippen molar-refractivity contribution in [1.29, 1.82) is 5.41 Å². The summed E-state index contributed by atoms with van der Waals surface area (Å²) in [5, 5.41) is 11.0. The minimum Gasteiger partial charge on any atom is -0.387 e. The van der Waals surface area contributed by atoms with Crippen molar-refractivity contribution in [2.45, 2.75) is 66.5 Å². The zero-order valence-electron chi connectivity index (χ0n) is 13.2. The molecule has 0 rings (SSSR count). The summed E-state index contributed by atoms with van der Waals surface area (Å²) in [6.07, 6.45) is 0. The van der Waals surface area contributed by atoms with Gasteiger partial charge < -0.3 is 11.1 Å². The fourth-order valence-electron chi connectivity index (χ4n) is 1.50. The lowest BCUT2D eigenvalue weighted by Gasteiger charge is -2.31. The van der Waals surface area contributed by atoms with Gasteiger partial charge in [-0.1, -0.05) is 13.8 Å². The predicted molar refractivity (Wildman–Crippen MR) is 80.3 cm³/mol. The number of hydrogen-bond donors (Lipinski definition) is 3. The third-order valence-corrected chi connectivity index (χ3v) is 2.63. The van der Waals surface area contributed by atoms with Gasteiger partial charge in [-0.3, -0.25) is 10.4 Å². The molecule has 0 aliphatic carbocycles. The van der Waals surface area contributed by atoms with Crippen molar-refractivity contribution in [1.82, 2.24) is 5.32 Å². The van der Waals surface area contributed by atoms with Gasteiger partial charge in [-0.15, -0.1) is 0 Å². The van der Waals surface area contributed by atoms with Crippen LogP contribution in [-0.4, -0.2) is 22.7 Å². The Balaban J connectivity index is 5.23. The highest BCUT2D eigenvalue weighted by Gasteiger charge is 2.25. The number of nitrogens with one attached hydrogen (secondary N) is 2. The standard InChI is InChI=1S/C14H30N4/c1-9(11(15)16)10(2)12(17-13(3,4)5)18-14(6,7)8/h9-10H,1-8H3,(H3,15,16)(H,17,18). The topological polar surface area (TPSA) is 74.3 Å². The highest BCUT2D eigenvalue weighted by Crippen LogP contribution is 2.17. The van der Waals surface area contributed by atoms with E-state index < -0.39 is 0 Å². The first-order chi connectivity index (χ1) is 7.83. The van der Waals surface area contributed by atoms with Gasteiger partial charge in [-0.2, -0.15) is 0 Å². The van der Waals surface area contributed by atoms with E-state index in [0.29, 0.717) is 0 Å². The average molecular weight is 254 g/mol. The van der Waals surface area contributed by atoms with E-state index in [1.54, 1.807) is 0 Å². The van der Waals surface area contributed by atoms with Gasteiger partial charge in [-0.05, 0) is 41.5 Å². The van der Waals surface area contributed by atoms with Crippen LogP contribution < -0.4 is 11.1 Å². The van der Waals surface area contributed by atoms with Crippen LogP contribution in [0.2, 0.25) is 0 Å². The largest absolute Gasteiger partial charge is 0.387 e. The molecule has 2 unspecified atom stereocenters. The zero-order valence-corrected chi connectivity index (χ0v) is 13.2. The highest BCUT2D eigenvalue weighted by atomic mass is 15.1. The minimum absolute atomic E-state index is 0.0130. The van der Waals surface area contributed by atoms with Crippen molar-refractivity contribution in [3.63, 3.8) is 0 Å². The summed E-state index contributed by atoms with van der Waals surface area (Å²) < 4.78 is 0. The van der Waals surface area contributed by atoms with Crippen LogP contribution in [-0.2, 0) is 0 Å². The van der Waals surface area contributed by atoms with Crippen molar-refractivity contribution in [3.8, 4) is 0 Å². The number of hydrogen-bond acceptors (Lipinski definition) is 2. The molecule has 0 fully saturated rings. The molecular formula is C14H30N4. The van der Waals surface area contributed by atoms with Gasteiger partial charge in [0.25, 0.3) is 0 Å². The van der Waals surface area contributed by atoms with Gasteiger partial charge >= 0.3 is 0 Å². The SMILES string of the molecule is CC(C(=N)N)C(C)C(=NC(C)(C)C)NC(C)(C)C. The van der Waals surface area contributed by atoms with Crippen LogP contribution in [0.4, 0.5) is 0 Å². The van der Waals surface area contributed by atoms with Gasteiger partial charge in [0.1, 0.15) is 5.84 Å². The monoisotopic (exact) mass is 254 g/mol. The van der Waals surface area contributed by atoms with Crippen LogP contribution in [0.1, 0.15) is 55.4 Å². The number of aliphatic imine (C=N–C) groups is 1. The maximum absolute atomic E-state index is 7.58. The van der Waals surface area contributed by atoms with Crippen LogP contribution in [0, 0.1) is 17.2 Å². The molecule has 0 aromatic rings. The lowest BCUT2D eigenvalue weighted by molar-refractivity contribution is 0.468. The van der Waals surface area contributed by atoms with Crippen LogP contribution in [0.15, 0.2) is 4.99 Å². The average Bonchev–Trinajstić information content (AvgIpc) is 2.09. The Bertz CT molecular complexity index is 318. The minimum atomic E-state index is -0.141. The number of amidine groups is 2. The van der Waals surface area contributed by atoms with Crippen LogP contribution in [0.25, 0.3) is 0 Å². The molecule has 4 heteroatoms. The molecule has 0 aliphatic heterocycles. The number of nitrogens with zero attached hydrogens (tertiary/aromatic N) is 1. The van der Waals surface area contributed by atoms with E-state index in [-0.39, 0.29) is 28.7 Å². The Morgan fingerprint density at radius 2 is 1.50 bits per heavy atom. The summed E-state index contributed by atoms with van der Waals surface area (Å²) in [4.78, 5) is 4.75. The van der Waals surface area contributed by atoms with Crippen molar-refractivity contribution < 1.29 is 0 Å². The molecule has 4 nitrogen and oxygen atoms in total. The first kappa shape index (κ1) is 16.9. The van der Waals surface area contributed by atoms with E-state index >= 15 is 0 Å². The Kier molecular flexibility index (Phi) is 5.38. The summed E-state index contributed by atoms with van der Waals surface area (Å²) >= 11 is 0. The Morgan fingerprint density at radius 1 is 1.06 bits per heavy atom. The van der Waals surface area contributed by atoms with Crippen LogP contribution in [0.5, 0.6) is 0 Å². The molecule has 2 atom stereocenters. The molecule has 106 valence electrons. The molecule has 0 spiro atoms. The van der Waals surface area contributed by atoms with E-state index in [9.17, 15) is 0 Å². The highest BCUT2D eigenvalue weighted by molar-refractivity contribution is 5.91. The summed E-state index contributed by atoms with van der Waals surface area (Å²) in [7, 11) is 0. The number of nitrogens with two attached hydrogens (primary N) is 1. The molecule has 0 amide bonds. The summed E-state index contributed by atoms with van der Waals surface area (Å²) in [5.74, 6) is 1.24. The van der Waals surface area contributed by atoms with Gasteiger partial charge in [0.2, 0.25) is 0 Å². The second-order valence-electron chi connectivity index (χ2n) is 7.08. The van der Waals surface area contributed by atoms with E-state index in [4.69, 9.17) is 16.1 Å². The van der Waals surface area contributed by atoms with Crippen LogP contribution >= 0.6 is 0 Å². The third kappa shape index (κ3) is 6.62. The molecule has 0 heterocycles. The second-order valence-corrected chi connectivity index (χ2v) is 7.08. The predicted octanol–water partition coefficient (Wildman–Crippen LogP) is 2.78. The van der Waals surface area contributed by atoms with Crippen molar-refractivity contribution in [2.75, 3.05) is 0 Å². The Labute approximate surface area is 112 Å². The van der Waals surface area contributed by atoms with Gasteiger partial charge in [0.05, 0.1) is 11.4 Å². The van der Waals surface area contributed by atoms with E-state index in [2.05, 4.69) is 53.8 Å². The quantitative estimate of drug-likeness (QED) is 0.535. The smallest absolute Gasteiger partial charge is 0.101 e. The molecule has 0 saturated carbocycles. The van der Waals surface area contributed by atoms with Crippen molar-refractivity contribution in [2.24, 2.45) is 22.6 Å². The summed E-state index contributed by atoms with van der Waals surface area (Å²) in [6.45, 7) is 16.6. The maximum Gasteiger partial charge on any atom is 0.101 e. The van der Waals surface area contributed by atoms with Crippen LogP contribution in [0.3, 0.4) is 0 Å². The molecule has 0 aliphatic rings. The first-order valence-electron chi connectivity index (χ1n) is 6.55. The number of rotatable bonds is 3. The van der Waals surface area contributed by atoms with Crippen molar-refractivity contribution >= 4 is 11.7 Å². The Morgan fingerprint density at radius 3 is 1.78 bits per heavy atom. The third-order valence-electron chi connectivity index (χ3n) is 2.63. The van der Waals surface area contributed by atoms with Gasteiger partial charge in [0, 0.05) is 17.4 Å². The van der Waals surface area contributed by atoms with Gasteiger partial charge in [-0.25, -0.2) is 0 Å². The summed E-state index contributed by atoms with van der Waals surface area (Å²) in [5.41, 5.74) is 5.42. The molecule has 0 radical (unpaired) electrons. The maximum atomic E-state index is 7.58. The molecule has 18 heavy (non-hydrogen) atoms. The fraction of sp³-hybridized carbons (Fsp3) is 0.857. The van der Waals surface area contributed by atoms with Gasteiger partial charge in [0.15, 0.2) is 0 Å². The molecule has 0 aromatic carbocycles. The van der Waals surface area contributed by atoms with Crippen molar-refractivity contribution in [3.05, 3.63) is 0 Å². The lowest BCUT2D eigenvalue weighted by Crippen LogP contribution is -2.47. The van der Waals surface area contributed by atoms with E-state index in [0.717, 1.165) is 5.84 Å². The molecule has 0 bridgehead atoms. The molecule has 4 N–H and O–H groups in total. The normalized spacial score (nSPS) is 17.2. The molecular weight excluding hydrogens is 224 g/mol. The fourth-order valence-corrected chi connectivity index (χ4v) is 1.50. The zero-order chi connectivity index (χ0) is 14.7. The van der Waals surface area contributed by atoms with E-state index in [1.165, 1.54) is 0 Å². The Hall–Kier alpha value is -1.06. The summed E-state index contributed by atoms with van der Waals surface area (Å²) in [6, 6.07) is 0. The van der Waals surface area contributed by atoms with E-state index in [1.807, 2.05) is 6.92 Å². The molecule has 0 aromatic heterocycles. The lowest BCUT2D eigenvalue weighted by atomic mass is 9.92. The molecule has 0 saturated heterocycles.